The molecule has 2 aliphatic heterocycles. The number of hydrogen-bond donors (Lipinski definition) is 1. The highest BCUT2D eigenvalue weighted by molar-refractivity contribution is 5.86. The first-order chi connectivity index (χ1) is 7.87. The van der Waals surface area contributed by atoms with Gasteiger partial charge in [-0.25, -0.2) is 4.79 Å². The maximum atomic E-state index is 11.9. The van der Waals surface area contributed by atoms with Gasteiger partial charge >= 0.3 is 6.09 Å². The molecule has 0 aromatic heterocycles. The van der Waals surface area contributed by atoms with Crippen LogP contribution >= 0.6 is 0 Å². The van der Waals surface area contributed by atoms with Crippen molar-refractivity contribution in [1.82, 2.24) is 10.2 Å². The molecular weight excluding hydrogens is 220 g/mol. The van der Waals surface area contributed by atoms with E-state index in [0.29, 0.717) is 19.6 Å². The first-order valence-corrected chi connectivity index (χ1v) is 6.11. The molecule has 96 valence electrons. The molecular formula is C12H20N2O3. The molecule has 0 aromatic carbocycles. The molecule has 2 rings (SSSR count). The molecule has 2 heterocycles. The van der Waals surface area contributed by atoms with E-state index in [0.717, 1.165) is 6.42 Å². The second-order valence-electron chi connectivity index (χ2n) is 5.78. The molecule has 5 heteroatoms. The molecule has 2 atom stereocenters. The number of fused-ring (bicyclic) bond motifs is 1. The van der Waals surface area contributed by atoms with E-state index in [-0.39, 0.29) is 23.8 Å². The Morgan fingerprint density at radius 2 is 2.18 bits per heavy atom. The van der Waals surface area contributed by atoms with E-state index >= 15 is 0 Å². The lowest BCUT2D eigenvalue weighted by atomic mass is 9.92. The third kappa shape index (κ3) is 2.77. The summed E-state index contributed by atoms with van der Waals surface area (Å²) in [5.74, 6) is 0.368. The van der Waals surface area contributed by atoms with Gasteiger partial charge in [-0.05, 0) is 27.2 Å². The van der Waals surface area contributed by atoms with Crippen LogP contribution < -0.4 is 5.32 Å². The van der Waals surface area contributed by atoms with E-state index in [1.54, 1.807) is 4.90 Å². The number of rotatable bonds is 0. The molecule has 0 saturated carbocycles. The number of hydrogen-bond acceptors (Lipinski definition) is 4. The molecule has 0 bridgehead atoms. The van der Waals surface area contributed by atoms with Crippen molar-refractivity contribution in [3.63, 3.8) is 0 Å². The zero-order valence-corrected chi connectivity index (χ0v) is 10.7. The van der Waals surface area contributed by atoms with Crippen LogP contribution in [-0.4, -0.2) is 48.1 Å². The van der Waals surface area contributed by atoms with Crippen molar-refractivity contribution in [1.29, 1.82) is 0 Å². The van der Waals surface area contributed by atoms with E-state index in [1.807, 2.05) is 20.8 Å². The van der Waals surface area contributed by atoms with E-state index in [9.17, 15) is 9.59 Å². The summed E-state index contributed by atoms with van der Waals surface area (Å²) in [6.45, 7) is 7.20. The standard InChI is InChI=1S/C12H20N2O3/c1-12(2,3)17-11(16)14-5-4-8-9(7-14)13-6-10(8)15/h8-9,13H,4-7H2,1-3H3. The van der Waals surface area contributed by atoms with Crippen molar-refractivity contribution < 1.29 is 14.3 Å². The Kier molecular flexibility index (Phi) is 3.12. The largest absolute Gasteiger partial charge is 0.444 e. The molecule has 1 N–H and O–H groups in total. The van der Waals surface area contributed by atoms with Crippen LogP contribution in [-0.2, 0) is 9.53 Å². The summed E-state index contributed by atoms with van der Waals surface area (Å²) in [7, 11) is 0. The monoisotopic (exact) mass is 240 g/mol. The lowest BCUT2D eigenvalue weighted by Gasteiger charge is -2.35. The lowest BCUT2D eigenvalue weighted by Crippen LogP contribution is -2.50. The molecule has 5 nitrogen and oxygen atoms in total. The highest BCUT2D eigenvalue weighted by Gasteiger charge is 2.40. The number of piperidine rings is 1. The van der Waals surface area contributed by atoms with E-state index in [2.05, 4.69) is 5.32 Å². The summed E-state index contributed by atoms with van der Waals surface area (Å²) in [6, 6.07) is 0.115. The van der Waals surface area contributed by atoms with Gasteiger partial charge in [-0.3, -0.25) is 4.79 Å². The van der Waals surface area contributed by atoms with Crippen LogP contribution in [0.25, 0.3) is 0 Å². The number of nitrogens with zero attached hydrogens (tertiary/aromatic N) is 1. The van der Waals surface area contributed by atoms with Gasteiger partial charge in [0.1, 0.15) is 5.60 Å². The Hall–Kier alpha value is -1.10. The minimum Gasteiger partial charge on any atom is -0.444 e. The van der Waals surface area contributed by atoms with Gasteiger partial charge in [0.15, 0.2) is 5.78 Å². The van der Waals surface area contributed by atoms with Crippen molar-refractivity contribution in [3.05, 3.63) is 0 Å². The predicted molar refractivity (Wildman–Crippen MR) is 62.7 cm³/mol. The number of nitrogens with one attached hydrogen (secondary N) is 1. The van der Waals surface area contributed by atoms with Crippen LogP contribution in [0.15, 0.2) is 0 Å². The van der Waals surface area contributed by atoms with Gasteiger partial charge < -0.3 is 15.0 Å². The average molecular weight is 240 g/mol. The van der Waals surface area contributed by atoms with Crippen LogP contribution in [0.5, 0.6) is 0 Å². The van der Waals surface area contributed by atoms with Gasteiger partial charge in [-0.2, -0.15) is 0 Å². The maximum Gasteiger partial charge on any atom is 0.410 e. The number of carbonyl (C=O) groups excluding carboxylic acids is 2. The number of ether oxygens (including phenoxy) is 1. The molecule has 2 fully saturated rings. The summed E-state index contributed by atoms with van der Waals surface area (Å²) in [4.78, 5) is 25.1. The molecule has 1 amide bonds. The Bertz CT molecular complexity index is 335. The van der Waals surface area contributed by atoms with Gasteiger partial charge in [0.25, 0.3) is 0 Å². The fraction of sp³-hybridized carbons (Fsp3) is 0.833. The van der Waals surface area contributed by atoms with Gasteiger partial charge in [0, 0.05) is 25.0 Å². The lowest BCUT2D eigenvalue weighted by molar-refractivity contribution is -0.120. The minimum absolute atomic E-state index is 0.0914. The zero-order chi connectivity index (χ0) is 12.6. The molecule has 2 saturated heterocycles. The van der Waals surface area contributed by atoms with Gasteiger partial charge in [0.05, 0.1) is 6.54 Å². The third-order valence-corrected chi connectivity index (χ3v) is 3.22. The van der Waals surface area contributed by atoms with Crippen molar-refractivity contribution in [2.45, 2.75) is 38.8 Å². The zero-order valence-electron chi connectivity index (χ0n) is 10.7. The van der Waals surface area contributed by atoms with Crippen molar-refractivity contribution in [2.24, 2.45) is 5.92 Å². The maximum absolute atomic E-state index is 11.9. The minimum atomic E-state index is -0.465. The molecule has 0 aromatic rings. The van der Waals surface area contributed by atoms with Gasteiger partial charge in [0.2, 0.25) is 0 Å². The van der Waals surface area contributed by atoms with Crippen LogP contribution in [0.2, 0.25) is 0 Å². The Labute approximate surface area is 101 Å². The van der Waals surface area contributed by atoms with Crippen LogP contribution in [0.3, 0.4) is 0 Å². The van der Waals surface area contributed by atoms with E-state index in [1.165, 1.54) is 0 Å². The smallest absolute Gasteiger partial charge is 0.410 e. The Balaban J connectivity index is 1.93. The normalized spacial score (nSPS) is 29.1. The number of amides is 1. The van der Waals surface area contributed by atoms with Crippen molar-refractivity contribution in [3.8, 4) is 0 Å². The predicted octanol–water partition coefficient (Wildman–Crippen LogP) is 0.784. The van der Waals surface area contributed by atoms with Crippen LogP contribution in [0.4, 0.5) is 4.79 Å². The number of likely N-dealkylation sites (tertiary alicyclic amines) is 1. The highest BCUT2D eigenvalue weighted by atomic mass is 16.6. The second-order valence-corrected chi connectivity index (χ2v) is 5.78. The molecule has 0 spiro atoms. The quantitative estimate of drug-likeness (QED) is 0.680. The number of Topliss-reactive ketones (excluding diaryl/α,β-unsaturated/α-hetero) is 1. The summed E-state index contributed by atoms with van der Waals surface area (Å²) in [5, 5.41) is 3.16. The molecule has 17 heavy (non-hydrogen) atoms. The van der Waals surface area contributed by atoms with Crippen LogP contribution in [0.1, 0.15) is 27.2 Å². The summed E-state index contributed by atoms with van der Waals surface area (Å²) < 4.78 is 5.33. The fourth-order valence-electron chi connectivity index (χ4n) is 2.40. The molecule has 0 aliphatic carbocycles. The first-order valence-electron chi connectivity index (χ1n) is 6.11. The van der Waals surface area contributed by atoms with Gasteiger partial charge in [-0.15, -0.1) is 0 Å². The third-order valence-electron chi connectivity index (χ3n) is 3.22. The highest BCUT2D eigenvalue weighted by Crippen LogP contribution is 2.24. The molecule has 2 unspecified atom stereocenters. The number of ketones is 1. The Morgan fingerprint density at radius 1 is 1.47 bits per heavy atom. The first kappa shape index (κ1) is 12.4. The van der Waals surface area contributed by atoms with E-state index in [4.69, 9.17) is 4.74 Å². The van der Waals surface area contributed by atoms with Crippen molar-refractivity contribution in [2.75, 3.05) is 19.6 Å². The SMILES string of the molecule is CC(C)(C)OC(=O)N1CCC2C(=O)CNC2C1. The fourth-order valence-corrected chi connectivity index (χ4v) is 2.40. The Morgan fingerprint density at radius 3 is 2.82 bits per heavy atom. The topological polar surface area (TPSA) is 58.6 Å². The molecule has 2 aliphatic rings. The van der Waals surface area contributed by atoms with Gasteiger partial charge in [-0.1, -0.05) is 0 Å². The second kappa shape index (κ2) is 4.29. The summed E-state index contributed by atoms with van der Waals surface area (Å²) >= 11 is 0. The summed E-state index contributed by atoms with van der Waals surface area (Å²) in [6.07, 6.45) is 0.465. The molecule has 0 radical (unpaired) electrons. The summed E-state index contributed by atoms with van der Waals surface area (Å²) in [5.41, 5.74) is -0.465. The van der Waals surface area contributed by atoms with Crippen molar-refractivity contribution >= 4 is 11.9 Å². The number of carbonyl (C=O) groups is 2. The average Bonchev–Trinajstić information content (AvgIpc) is 2.57. The van der Waals surface area contributed by atoms with Crippen LogP contribution in [0, 0.1) is 5.92 Å². The van der Waals surface area contributed by atoms with E-state index < -0.39 is 5.60 Å².